The summed E-state index contributed by atoms with van der Waals surface area (Å²) in [6, 6.07) is 2.25. The standard InChI is InChI=1S/C16H26N2O/c1-11-8-12(2)14(15(19-5)13(11)3)9-18(4)10-16(17)6-7-16/h8H,6-7,9-10,17H2,1-5H3. The summed E-state index contributed by atoms with van der Waals surface area (Å²) < 4.78 is 5.63. The van der Waals surface area contributed by atoms with Crippen molar-refractivity contribution in [2.45, 2.75) is 45.7 Å². The Morgan fingerprint density at radius 2 is 1.89 bits per heavy atom. The van der Waals surface area contributed by atoms with Gasteiger partial charge in [0.25, 0.3) is 0 Å². The summed E-state index contributed by atoms with van der Waals surface area (Å²) in [6.07, 6.45) is 2.31. The van der Waals surface area contributed by atoms with Gasteiger partial charge >= 0.3 is 0 Å². The van der Waals surface area contributed by atoms with Crippen LogP contribution < -0.4 is 10.5 Å². The van der Waals surface area contributed by atoms with Gasteiger partial charge < -0.3 is 15.4 Å². The van der Waals surface area contributed by atoms with Gasteiger partial charge in [-0.25, -0.2) is 0 Å². The number of benzene rings is 1. The number of hydrogen-bond acceptors (Lipinski definition) is 3. The van der Waals surface area contributed by atoms with Gasteiger partial charge in [-0.15, -0.1) is 0 Å². The normalized spacial score (nSPS) is 16.8. The van der Waals surface area contributed by atoms with Gasteiger partial charge in [0.2, 0.25) is 0 Å². The Bertz CT molecular complexity index is 478. The summed E-state index contributed by atoms with van der Waals surface area (Å²) in [6.45, 7) is 8.28. The predicted octanol–water partition coefficient (Wildman–Crippen LogP) is 2.54. The van der Waals surface area contributed by atoms with Gasteiger partial charge in [-0.3, -0.25) is 0 Å². The SMILES string of the molecule is COc1c(C)c(C)cc(C)c1CN(C)CC1(N)CC1. The summed E-state index contributed by atoms with van der Waals surface area (Å²) in [5, 5.41) is 0. The van der Waals surface area contributed by atoms with Crippen LogP contribution in [0.4, 0.5) is 0 Å². The molecule has 0 aliphatic heterocycles. The summed E-state index contributed by atoms with van der Waals surface area (Å²) in [4.78, 5) is 2.31. The maximum atomic E-state index is 6.19. The molecule has 1 aromatic rings. The first-order chi connectivity index (χ1) is 8.86. The molecule has 2 rings (SSSR count). The first-order valence-corrected chi connectivity index (χ1v) is 6.97. The Hall–Kier alpha value is -1.06. The molecule has 0 bridgehead atoms. The highest BCUT2D eigenvalue weighted by Gasteiger charge is 2.39. The average Bonchev–Trinajstić information content (AvgIpc) is 3.04. The smallest absolute Gasteiger partial charge is 0.126 e. The predicted molar refractivity (Wildman–Crippen MR) is 79.7 cm³/mol. The molecule has 1 aliphatic rings. The first-order valence-electron chi connectivity index (χ1n) is 6.97. The van der Waals surface area contributed by atoms with Crippen LogP contribution in [0.25, 0.3) is 0 Å². The number of nitrogens with zero attached hydrogens (tertiary/aromatic N) is 1. The molecule has 0 atom stereocenters. The molecule has 1 fully saturated rings. The lowest BCUT2D eigenvalue weighted by atomic mass is 9.98. The van der Waals surface area contributed by atoms with E-state index in [9.17, 15) is 0 Å². The largest absolute Gasteiger partial charge is 0.496 e. The van der Waals surface area contributed by atoms with E-state index in [1.165, 1.54) is 22.3 Å². The van der Waals surface area contributed by atoms with Crippen LogP contribution in [-0.2, 0) is 6.54 Å². The highest BCUT2D eigenvalue weighted by Crippen LogP contribution is 2.34. The van der Waals surface area contributed by atoms with E-state index < -0.39 is 0 Å². The molecular weight excluding hydrogens is 236 g/mol. The van der Waals surface area contributed by atoms with Crippen LogP contribution in [0, 0.1) is 20.8 Å². The minimum atomic E-state index is 0.0651. The Morgan fingerprint density at radius 1 is 1.26 bits per heavy atom. The van der Waals surface area contributed by atoms with Crippen LogP contribution in [0.1, 0.15) is 35.1 Å². The van der Waals surface area contributed by atoms with Crippen LogP contribution in [0.3, 0.4) is 0 Å². The summed E-state index contributed by atoms with van der Waals surface area (Å²) >= 11 is 0. The molecule has 2 N–H and O–H groups in total. The van der Waals surface area contributed by atoms with Crippen molar-refractivity contribution in [2.24, 2.45) is 5.73 Å². The Kier molecular flexibility index (Phi) is 3.88. The molecule has 0 radical (unpaired) electrons. The molecule has 19 heavy (non-hydrogen) atoms. The Morgan fingerprint density at radius 3 is 2.42 bits per heavy atom. The van der Waals surface area contributed by atoms with E-state index in [4.69, 9.17) is 10.5 Å². The third-order valence-corrected chi connectivity index (χ3v) is 4.22. The monoisotopic (exact) mass is 262 g/mol. The Labute approximate surface area is 116 Å². The van der Waals surface area contributed by atoms with Crippen molar-refractivity contribution in [3.63, 3.8) is 0 Å². The van der Waals surface area contributed by atoms with E-state index in [0.717, 1.165) is 31.7 Å². The van der Waals surface area contributed by atoms with Crippen molar-refractivity contribution in [3.05, 3.63) is 28.3 Å². The van der Waals surface area contributed by atoms with Crippen molar-refractivity contribution in [3.8, 4) is 5.75 Å². The fourth-order valence-corrected chi connectivity index (χ4v) is 2.76. The maximum Gasteiger partial charge on any atom is 0.126 e. The molecule has 1 aromatic carbocycles. The molecule has 0 unspecified atom stereocenters. The quantitative estimate of drug-likeness (QED) is 0.886. The highest BCUT2D eigenvalue weighted by molar-refractivity contribution is 5.49. The van der Waals surface area contributed by atoms with Crippen molar-refractivity contribution in [1.29, 1.82) is 0 Å². The first kappa shape index (κ1) is 14.4. The molecule has 3 heteroatoms. The number of rotatable bonds is 5. The van der Waals surface area contributed by atoms with Crippen molar-refractivity contribution < 1.29 is 4.74 Å². The van der Waals surface area contributed by atoms with E-state index in [-0.39, 0.29) is 5.54 Å². The van der Waals surface area contributed by atoms with E-state index >= 15 is 0 Å². The lowest BCUT2D eigenvalue weighted by molar-refractivity contribution is 0.288. The fraction of sp³-hybridized carbons (Fsp3) is 0.625. The van der Waals surface area contributed by atoms with E-state index in [1.54, 1.807) is 7.11 Å². The average molecular weight is 262 g/mol. The second-order valence-electron chi connectivity index (χ2n) is 6.18. The molecule has 3 nitrogen and oxygen atoms in total. The van der Waals surface area contributed by atoms with Crippen molar-refractivity contribution in [1.82, 2.24) is 4.90 Å². The minimum Gasteiger partial charge on any atom is -0.496 e. The van der Waals surface area contributed by atoms with E-state index in [2.05, 4.69) is 38.8 Å². The van der Waals surface area contributed by atoms with Crippen LogP contribution in [-0.4, -0.2) is 31.1 Å². The number of hydrogen-bond donors (Lipinski definition) is 1. The Balaban J connectivity index is 2.21. The van der Waals surface area contributed by atoms with Crippen LogP contribution in [0.15, 0.2) is 6.07 Å². The van der Waals surface area contributed by atoms with E-state index in [0.29, 0.717) is 0 Å². The summed E-state index contributed by atoms with van der Waals surface area (Å²) in [5.41, 5.74) is 11.4. The zero-order chi connectivity index (χ0) is 14.2. The maximum absolute atomic E-state index is 6.19. The molecule has 0 spiro atoms. The minimum absolute atomic E-state index is 0.0651. The number of methoxy groups -OCH3 is 1. The van der Waals surface area contributed by atoms with Gasteiger partial charge in [-0.1, -0.05) is 6.07 Å². The number of nitrogens with two attached hydrogens (primary N) is 1. The van der Waals surface area contributed by atoms with Gasteiger partial charge in [-0.2, -0.15) is 0 Å². The number of ether oxygens (including phenoxy) is 1. The van der Waals surface area contributed by atoms with Crippen LogP contribution in [0.2, 0.25) is 0 Å². The third kappa shape index (κ3) is 3.10. The molecule has 0 amide bonds. The zero-order valence-corrected chi connectivity index (χ0v) is 12.8. The number of likely N-dealkylation sites (N-methyl/N-ethyl adjacent to an activating group) is 1. The van der Waals surface area contributed by atoms with Gasteiger partial charge in [0, 0.05) is 24.2 Å². The van der Waals surface area contributed by atoms with Crippen molar-refractivity contribution in [2.75, 3.05) is 20.7 Å². The van der Waals surface area contributed by atoms with Gasteiger partial charge in [0.1, 0.15) is 5.75 Å². The lowest BCUT2D eigenvalue weighted by Gasteiger charge is -2.24. The lowest BCUT2D eigenvalue weighted by Crippen LogP contribution is -2.37. The van der Waals surface area contributed by atoms with Crippen LogP contribution in [0.5, 0.6) is 5.75 Å². The molecule has 1 aliphatic carbocycles. The van der Waals surface area contributed by atoms with Gasteiger partial charge in [-0.05, 0) is 57.4 Å². The zero-order valence-electron chi connectivity index (χ0n) is 12.8. The summed E-state index contributed by atoms with van der Waals surface area (Å²) in [5.74, 6) is 1.03. The molecule has 0 saturated heterocycles. The fourth-order valence-electron chi connectivity index (χ4n) is 2.76. The molecule has 0 aromatic heterocycles. The molecule has 0 heterocycles. The van der Waals surface area contributed by atoms with E-state index in [1.807, 2.05) is 0 Å². The second kappa shape index (κ2) is 5.14. The molecular formula is C16H26N2O. The second-order valence-corrected chi connectivity index (χ2v) is 6.18. The number of aryl methyl sites for hydroxylation is 2. The van der Waals surface area contributed by atoms with Crippen molar-refractivity contribution >= 4 is 0 Å². The highest BCUT2D eigenvalue weighted by atomic mass is 16.5. The molecule has 106 valence electrons. The van der Waals surface area contributed by atoms with Gasteiger partial charge in [0.15, 0.2) is 0 Å². The summed E-state index contributed by atoms with van der Waals surface area (Å²) in [7, 11) is 3.90. The molecule has 1 saturated carbocycles. The van der Waals surface area contributed by atoms with Crippen LogP contribution >= 0.6 is 0 Å². The third-order valence-electron chi connectivity index (χ3n) is 4.22. The van der Waals surface area contributed by atoms with Gasteiger partial charge in [0.05, 0.1) is 7.11 Å². The topological polar surface area (TPSA) is 38.5 Å².